The number of hydrogen-bond acceptors (Lipinski definition) is 4. The zero-order chi connectivity index (χ0) is 15.1. The third kappa shape index (κ3) is 4.42. The van der Waals surface area contributed by atoms with Gasteiger partial charge < -0.3 is 10.1 Å². The highest BCUT2D eigenvalue weighted by molar-refractivity contribution is 6.01. The number of aromatic nitrogens is 1. The van der Waals surface area contributed by atoms with E-state index >= 15 is 0 Å². The first-order valence-electron chi connectivity index (χ1n) is 6.58. The number of carbonyl (C=O) groups excluding carboxylic acids is 2. The number of ether oxygens (including phenoxy) is 1. The Morgan fingerprint density at radius 2 is 1.81 bits per heavy atom. The Labute approximate surface area is 123 Å². The molecule has 0 spiro atoms. The van der Waals surface area contributed by atoms with Crippen molar-refractivity contribution in [2.75, 3.05) is 0 Å². The van der Waals surface area contributed by atoms with Crippen molar-refractivity contribution in [3.05, 3.63) is 66.0 Å². The number of benzene rings is 1. The van der Waals surface area contributed by atoms with Crippen LogP contribution in [0.3, 0.4) is 0 Å². The van der Waals surface area contributed by atoms with Crippen LogP contribution in [0.25, 0.3) is 0 Å². The van der Waals surface area contributed by atoms with Crippen molar-refractivity contribution < 1.29 is 14.3 Å². The lowest BCUT2D eigenvalue weighted by atomic mass is 10.1. The lowest BCUT2D eigenvalue weighted by Gasteiger charge is -2.13. The molecule has 0 saturated heterocycles. The molecule has 5 nitrogen and oxygen atoms in total. The Morgan fingerprint density at radius 1 is 1.14 bits per heavy atom. The second-order valence-electron chi connectivity index (χ2n) is 4.53. The molecule has 0 saturated carbocycles. The minimum absolute atomic E-state index is 0.169. The fourth-order valence-corrected chi connectivity index (χ4v) is 1.77. The zero-order valence-electron chi connectivity index (χ0n) is 11.7. The van der Waals surface area contributed by atoms with Gasteiger partial charge in [0.05, 0.1) is 6.04 Å². The number of carbonyl (C=O) groups is 2. The molecule has 0 aliphatic carbocycles. The van der Waals surface area contributed by atoms with Crippen LogP contribution in [0.15, 0.2) is 54.9 Å². The van der Waals surface area contributed by atoms with E-state index in [1.54, 1.807) is 19.1 Å². The molecule has 2 rings (SSSR count). The van der Waals surface area contributed by atoms with Gasteiger partial charge in [-0.3, -0.25) is 9.78 Å². The van der Waals surface area contributed by atoms with Gasteiger partial charge in [-0.25, -0.2) is 4.79 Å². The number of Topliss-reactive ketones (excluding diaryl/α,β-unsaturated/α-hetero) is 1. The van der Waals surface area contributed by atoms with E-state index in [9.17, 15) is 9.59 Å². The van der Waals surface area contributed by atoms with E-state index in [0.717, 1.165) is 5.56 Å². The van der Waals surface area contributed by atoms with E-state index in [1.165, 1.54) is 12.4 Å². The van der Waals surface area contributed by atoms with Gasteiger partial charge in [0, 0.05) is 18.0 Å². The highest BCUT2D eigenvalue weighted by Crippen LogP contribution is 2.04. The lowest BCUT2D eigenvalue weighted by Crippen LogP contribution is -2.38. The number of ketones is 1. The molecular weight excluding hydrogens is 268 g/mol. The van der Waals surface area contributed by atoms with Crippen LogP contribution >= 0.6 is 0 Å². The molecule has 1 N–H and O–H groups in total. The SMILES string of the molecule is C[C@@H](NC(=O)OCc1ccccc1)C(=O)c1ccncc1. The van der Waals surface area contributed by atoms with Crippen molar-refractivity contribution in [2.45, 2.75) is 19.6 Å². The van der Waals surface area contributed by atoms with Gasteiger partial charge in [-0.15, -0.1) is 0 Å². The number of nitrogens with one attached hydrogen (secondary N) is 1. The summed E-state index contributed by atoms with van der Waals surface area (Å²) < 4.78 is 5.07. The monoisotopic (exact) mass is 284 g/mol. The summed E-state index contributed by atoms with van der Waals surface area (Å²) in [5, 5.41) is 2.52. The highest BCUT2D eigenvalue weighted by atomic mass is 16.5. The maximum atomic E-state index is 12.1. The van der Waals surface area contributed by atoms with Gasteiger partial charge in [-0.1, -0.05) is 30.3 Å². The van der Waals surface area contributed by atoms with Crippen LogP contribution in [0, 0.1) is 0 Å². The predicted molar refractivity (Wildman–Crippen MR) is 77.8 cm³/mol. The molecule has 2 aromatic rings. The summed E-state index contributed by atoms with van der Waals surface area (Å²) in [7, 11) is 0. The topological polar surface area (TPSA) is 68.3 Å². The summed E-state index contributed by atoms with van der Waals surface area (Å²) in [6, 6.07) is 11.9. The van der Waals surface area contributed by atoms with E-state index in [1.807, 2.05) is 30.3 Å². The molecule has 5 heteroatoms. The maximum absolute atomic E-state index is 12.1. The molecule has 1 aromatic heterocycles. The molecule has 1 aromatic carbocycles. The van der Waals surface area contributed by atoms with Gasteiger partial charge in [0.2, 0.25) is 0 Å². The van der Waals surface area contributed by atoms with Crippen molar-refractivity contribution in [3.8, 4) is 0 Å². The minimum Gasteiger partial charge on any atom is -0.445 e. The van der Waals surface area contributed by atoms with Crippen molar-refractivity contribution in [1.82, 2.24) is 10.3 Å². The standard InChI is InChI=1S/C16H16N2O3/c1-12(15(19)14-7-9-17-10-8-14)18-16(20)21-11-13-5-3-2-4-6-13/h2-10,12H,11H2,1H3,(H,18,20)/t12-/m1/s1. The molecular formula is C16H16N2O3. The summed E-state index contributed by atoms with van der Waals surface area (Å²) in [4.78, 5) is 27.6. The Morgan fingerprint density at radius 3 is 2.48 bits per heavy atom. The van der Waals surface area contributed by atoms with E-state index < -0.39 is 12.1 Å². The number of alkyl carbamates (subject to hydrolysis) is 1. The van der Waals surface area contributed by atoms with Crippen molar-refractivity contribution in [2.24, 2.45) is 0 Å². The summed E-state index contributed by atoms with van der Waals surface area (Å²) in [5.74, 6) is -0.186. The lowest BCUT2D eigenvalue weighted by molar-refractivity contribution is 0.0926. The van der Waals surface area contributed by atoms with Gasteiger partial charge in [0.25, 0.3) is 0 Å². The third-order valence-electron chi connectivity index (χ3n) is 2.91. The van der Waals surface area contributed by atoms with Crippen LogP contribution in [-0.2, 0) is 11.3 Å². The quantitative estimate of drug-likeness (QED) is 0.857. The fourth-order valence-electron chi connectivity index (χ4n) is 1.77. The average molecular weight is 284 g/mol. The molecule has 1 heterocycles. The van der Waals surface area contributed by atoms with Crippen LogP contribution < -0.4 is 5.32 Å². The molecule has 0 fully saturated rings. The summed E-state index contributed by atoms with van der Waals surface area (Å²) in [5.41, 5.74) is 1.39. The van der Waals surface area contributed by atoms with Crippen LogP contribution in [0.1, 0.15) is 22.8 Å². The van der Waals surface area contributed by atoms with Crippen LogP contribution in [0.4, 0.5) is 4.79 Å². The van der Waals surface area contributed by atoms with Crippen molar-refractivity contribution >= 4 is 11.9 Å². The average Bonchev–Trinajstić information content (AvgIpc) is 2.54. The second-order valence-corrected chi connectivity index (χ2v) is 4.53. The first-order valence-corrected chi connectivity index (χ1v) is 6.58. The van der Waals surface area contributed by atoms with Gasteiger partial charge in [-0.05, 0) is 24.6 Å². The van der Waals surface area contributed by atoms with Gasteiger partial charge >= 0.3 is 6.09 Å². The van der Waals surface area contributed by atoms with Gasteiger partial charge in [-0.2, -0.15) is 0 Å². The van der Waals surface area contributed by atoms with Crippen molar-refractivity contribution in [1.29, 1.82) is 0 Å². The molecule has 0 radical (unpaired) electrons. The van der Waals surface area contributed by atoms with Crippen LogP contribution in [0.5, 0.6) is 0 Å². The summed E-state index contributed by atoms with van der Waals surface area (Å²) >= 11 is 0. The normalized spacial score (nSPS) is 11.5. The zero-order valence-corrected chi connectivity index (χ0v) is 11.7. The van der Waals surface area contributed by atoms with E-state index in [-0.39, 0.29) is 12.4 Å². The first kappa shape index (κ1) is 14.7. The van der Waals surface area contributed by atoms with Crippen LogP contribution in [-0.4, -0.2) is 22.9 Å². The number of amides is 1. The molecule has 108 valence electrons. The largest absolute Gasteiger partial charge is 0.445 e. The number of nitrogens with zero attached hydrogens (tertiary/aromatic N) is 1. The Bertz CT molecular complexity index is 599. The summed E-state index contributed by atoms with van der Waals surface area (Å²) in [6.45, 7) is 1.79. The predicted octanol–water partition coefficient (Wildman–Crippen LogP) is 2.58. The van der Waals surface area contributed by atoms with Gasteiger partial charge in [0.15, 0.2) is 5.78 Å². The Hall–Kier alpha value is -2.69. The van der Waals surface area contributed by atoms with Crippen molar-refractivity contribution in [3.63, 3.8) is 0 Å². The third-order valence-corrected chi connectivity index (χ3v) is 2.91. The molecule has 0 unspecified atom stereocenters. The number of pyridine rings is 1. The van der Waals surface area contributed by atoms with E-state index in [2.05, 4.69) is 10.3 Å². The Balaban J connectivity index is 1.83. The summed E-state index contributed by atoms with van der Waals surface area (Å²) in [6.07, 6.45) is 2.45. The second kappa shape index (κ2) is 7.19. The first-order chi connectivity index (χ1) is 10.2. The number of hydrogen-bond donors (Lipinski definition) is 1. The minimum atomic E-state index is -0.657. The highest BCUT2D eigenvalue weighted by Gasteiger charge is 2.17. The fraction of sp³-hybridized carbons (Fsp3) is 0.188. The van der Waals surface area contributed by atoms with E-state index in [4.69, 9.17) is 4.74 Å². The molecule has 0 aliphatic heterocycles. The maximum Gasteiger partial charge on any atom is 0.408 e. The van der Waals surface area contributed by atoms with Gasteiger partial charge in [0.1, 0.15) is 6.61 Å². The molecule has 1 atom stereocenters. The Kier molecular flexibility index (Phi) is 5.04. The van der Waals surface area contributed by atoms with E-state index in [0.29, 0.717) is 5.56 Å². The van der Waals surface area contributed by atoms with Crippen LogP contribution in [0.2, 0.25) is 0 Å². The number of rotatable bonds is 5. The smallest absolute Gasteiger partial charge is 0.408 e. The molecule has 0 aliphatic rings. The molecule has 0 bridgehead atoms. The molecule has 21 heavy (non-hydrogen) atoms. The molecule has 1 amide bonds.